The molecule has 0 amide bonds. The molecule has 0 aromatic carbocycles. The normalized spacial score (nSPS) is 18.9. The third-order valence-corrected chi connectivity index (χ3v) is 27.3. The number of allylic oxidation sites excluding steroid dienone is 4. The molecular weight excluding hydrogens is 301 g/mol. The summed E-state index contributed by atoms with van der Waals surface area (Å²) in [5.41, 5.74) is 0. The van der Waals surface area contributed by atoms with Crippen LogP contribution in [0.3, 0.4) is 0 Å². The number of hydrogen-bond donors (Lipinski definition) is 0. The monoisotopic (exact) mass is 330 g/mol. The van der Waals surface area contributed by atoms with Gasteiger partial charge in [-0.05, 0) is 0 Å². The van der Waals surface area contributed by atoms with Crippen LogP contribution in [-0.4, -0.2) is 50.8 Å². The average molecular weight is 332 g/mol. The van der Waals surface area contributed by atoms with Crippen LogP contribution in [0.15, 0.2) is 21.5 Å². The second kappa shape index (κ2) is 5.32. The standard InChI is InChI=1S/C5H5.C3H7.3C2H6N.Zr/c1-2-4-5-3-1;4*1-3-2;/h1-3H,4H2;3H,1-2H3;3*1-2H3;/q;;3*-1;+3. The van der Waals surface area contributed by atoms with Crippen LogP contribution < -0.4 is 0 Å². The predicted octanol–water partition coefficient (Wildman–Crippen LogP) is 2.78. The molecule has 3 nitrogen and oxygen atoms in total. The van der Waals surface area contributed by atoms with Gasteiger partial charge in [0.1, 0.15) is 0 Å². The second-order valence-corrected chi connectivity index (χ2v) is 23.1. The van der Waals surface area contributed by atoms with E-state index in [1.54, 1.807) is 3.28 Å². The Bertz CT molecular complexity index is 324. The molecule has 0 aromatic heterocycles. The molecule has 1 aliphatic carbocycles. The molecule has 0 fully saturated rings. The van der Waals surface area contributed by atoms with E-state index >= 15 is 0 Å². The zero-order valence-corrected chi connectivity index (χ0v) is 15.8. The van der Waals surface area contributed by atoms with Gasteiger partial charge in [-0.25, -0.2) is 0 Å². The van der Waals surface area contributed by atoms with Crippen molar-refractivity contribution in [1.29, 1.82) is 0 Å². The fourth-order valence-corrected chi connectivity index (χ4v) is 26.6. The molecule has 0 aromatic rings. The quantitative estimate of drug-likeness (QED) is 0.767. The molecule has 0 radical (unpaired) electrons. The van der Waals surface area contributed by atoms with Crippen LogP contribution in [0.4, 0.5) is 0 Å². The van der Waals surface area contributed by atoms with E-state index in [2.05, 4.69) is 82.9 Å². The van der Waals surface area contributed by atoms with E-state index in [-0.39, 0.29) is 0 Å². The number of rotatable bonds is 5. The van der Waals surface area contributed by atoms with Gasteiger partial charge in [-0.1, -0.05) is 0 Å². The van der Waals surface area contributed by atoms with Gasteiger partial charge in [-0.2, -0.15) is 0 Å². The molecule has 0 aliphatic heterocycles. The van der Waals surface area contributed by atoms with E-state index in [1.165, 1.54) is 0 Å². The Kier molecular flexibility index (Phi) is 4.82. The van der Waals surface area contributed by atoms with Crippen molar-refractivity contribution in [3.8, 4) is 0 Å². The fourth-order valence-electron chi connectivity index (χ4n) is 4.78. The Balaban J connectivity index is 3.65. The van der Waals surface area contributed by atoms with Crippen molar-refractivity contribution < 1.29 is 19.7 Å². The first kappa shape index (κ1) is 16.3. The first-order valence-corrected chi connectivity index (χ1v) is 12.7. The molecule has 0 spiro atoms. The van der Waals surface area contributed by atoms with Crippen LogP contribution >= 0.6 is 0 Å². The molecule has 18 heavy (non-hydrogen) atoms. The summed E-state index contributed by atoms with van der Waals surface area (Å²) in [6.45, 7) is 4.79. The third kappa shape index (κ3) is 1.69. The minimum atomic E-state index is -3.52. The van der Waals surface area contributed by atoms with Crippen molar-refractivity contribution in [1.82, 2.24) is 8.53 Å². The maximum absolute atomic E-state index is 3.52. The van der Waals surface area contributed by atoms with Crippen molar-refractivity contribution >= 4 is 0 Å². The SMILES string of the molecule is C[CH](C)[Zr]([C]1=CC=CC1)([N](C)C)([N](C)C)[N](C)C. The molecule has 105 valence electrons. The van der Waals surface area contributed by atoms with Crippen LogP contribution in [-0.2, 0) is 19.7 Å². The van der Waals surface area contributed by atoms with Crippen LogP contribution in [0.2, 0.25) is 3.63 Å². The predicted molar refractivity (Wildman–Crippen MR) is 78.0 cm³/mol. The first-order valence-electron chi connectivity index (χ1n) is 6.76. The Hall–Kier alpha value is 0.243. The maximum atomic E-state index is 2.56. The van der Waals surface area contributed by atoms with Gasteiger partial charge in [-0.3, -0.25) is 0 Å². The van der Waals surface area contributed by atoms with Crippen molar-refractivity contribution in [3.63, 3.8) is 0 Å². The molecular formula is C14H30N3Zr. The Morgan fingerprint density at radius 2 is 1.39 bits per heavy atom. The fraction of sp³-hybridized carbons (Fsp3) is 0.714. The second-order valence-electron chi connectivity index (χ2n) is 6.33. The zero-order valence-electron chi connectivity index (χ0n) is 13.4. The van der Waals surface area contributed by atoms with E-state index in [0.29, 0.717) is 3.63 Å². The van der Waals surface area contributed by atoms with E-state index < -0.39 is 19.7 Å². The van der Waals surface area contributed by atoms with Crippen LogP contribution in [0.1, 0.15) is 20.3 Å². The van der Waals surface area contributed by atoms with Gasteiger partial charge in [0.2, 0.25) is 0 Å². The molecule has 1 rings (SSSR count). The van der Waals surface area contributed by atoms with Gasteiger partial charge in [0, 0.05) is 0 Å². The van der Waals surface area contributed by atoms with Gasteiger partial charge in [0.05, 0.1) is 0 Å². The molecule has 0 saturated carbocycles. The summed E-state index contributed by atoms with van der Waals surface area (Å²) in [5.74, 6) is 0. The van der Waals surface area contributed by atoms with E-state index in [1.807, 2.05) is 0 Å². The summed E-state index contributed by atoms with van der Waals surface area (Å²) in [6.07, 6.45) is 7.99. The third-order valence-electron chi connectivity index (χ3n) is 5.10. The summed E-state index contributed by atoms with van der Waals surface area (Å²) in [4.78, 5) is 0. The van der Waals surface area contributed by atoms with Gasteiger partial charge >= 0.3 is 116 Å². The van der Waals surface area contributed by atoms with Crippen molar-refractivity contribution in [2.75, 3.05) is 42.3 Å². The van der Waals surface area contributed by atoms with Crippen LogP contribution in [0, 0.1) is 0 Å². The first-order chi connectivity index (χ1) is 8.23. The van der Waals surface area contributed by atoms with Crippen molar-refractivity contribution in [2.24, 2.45) is 0 Å². The Morgan fingerprint density at radius 1 is 0.944 bits per heavy atom. The van der Waals surface area contributed by atoms with Crippen molar-refractivity contribution in [3.05, 3.63) is 21.5 Å². The summed E-state index contributed by atoms with van der Waals surface area (Å²) < 4.78 is 9.96. The summed E-state index contributed by atoms with van der Waals surface area (Å²) in [6, 6.07) is 0. The van der Waals surface area contributed by atoms with Gasteiger partial charge in [0.15, 0.2) is 0 Å². The Morgan fingerprint density at radius 3 is 1.61 bits per heavy atom. The molecule has 4 heteroatoms. The molecule has 0 heterocycles. The van der Waals surface area contributed by atoms with Gasteiger partial charge in [-0.15, -0.1) is 0 Å². The molecule has 0 N–H and O–H groups in total. The number of nitrogens with zero attached hydrogens (tertiary/aromatic N) is 3. The van der Waals surface area contributed by atoms with Gasteiger partial charge in [0.25, 0.3) is 0 Å². The molecule has 1 aliphatic rings. The summed E-state index contributed by atoms with van der Waals surface area (Å²) in [7, 11) is 13.6. The molecule has 0 saturated heterocycles. The summed E-state index contributed by atoms with van der Waals surface area (Å²) >= 11 is -3.52. The van der Waals surface area contributed by atoms with E-state index in [4.69, 9.17) is 0 Å². The number of hydrogen-bond acceptors (Lipinski definition) is 3. The molecule has 0 atom stereocenters. The van der Waals surface area contributed by atoms with Gasteiger partial charge < -0.3 is 0 Å². The summed E-state index contributed by atoms with van der Waals surface area (Å²) in [5, 5.41) is 0. The average Bonchev–Trinajstić information content (AvgIpc) is 2.70. The van der Waals surface area contributed by atoms with E-state index in [9.17, 15) is 0 Å². The van der Waals surface area contributed by atoms with Crippen LogP contribution in [0.25, 0.3) is 0 Å². The van der Waals surface area contributed by atoms with Crippen LogP contribution in [0.5, 0.6) is 0 Å². The van der Waals surface area contributed by atoms with E-state index in [0.717, 1.165) is 6.42 Å². The molecule has 0 bridgehead atoms. The Labute approximate surface area is 115 Å². The zero-order chi connectivity index (χ0) is 14.2. The van der Waals surface area contributed by atoms with Crippen molar-refractivity contribution in [2.45, 2.75) is 23.9 Å². The minimum absolute atomic E-state index is 0.637. The topological polar surface area (TPSA) is 9.72 Å². The molecule has 0 unspecified atom stereocenters.